The Morgan fingerprint density at radius 3 is 2.29 bits per heavy atom. The molecule has 1 saturated heterocycles. The Hall–Kier alpha value is -2.92. The molecule has 0 unspecified atom stereocenters. The standard InChI is InChI=1S/C23H26N4O/c1-16-13-22(23(24)28)25-27(16)21-9-5-18(6-10-21)14-17-3-7-19(8-4-17)20-11-12-26(2)15-20/h3-10,13,20H,11-12,14-15H2,1-2H3,(H2,24,28)/t20-/m1/s1. The molecule has 2 heterocycles. The van der Waals surface area contributed by atoms with Crippen molar-refractivity contribution in [2.75, 3.05) is 20.1 Å². The summed E-state index contributed by atoms with van der Waals surface area (Å²) in [6.07, 6.45) is 2.15. The predicted octanol–water partition coefficient (Wildman–Crippen LogP) is 3.29. The van der Waals surface area contributed by atoms with E-state index in [4.69, 9.17) is 5.73 Å². The number of nitrogens with two attached hydrogens (primary N) is 1. The van der Waals surface area contributed by atoms with Gasteiger partial charge < -0.3 is 10.6 Å². The molecule has 28 heavy (non-hydrogen) atoms. The molecule has 1 aliphatic heterocycles. The van der Waals surface area contributed by atoms with Crippen LogP contribution in [0.1, 0.15) is 45.2 Å². The van der Waals surface area contributed by atoms with Gasteiger partial charge in [0, 0.05) is 12.2 Å². The molecule has 1 fully saturated rings. The highest BCUT2D eigenvalue weighted by molar-refractivity contribution is 5.90. The van der Waals surface area contributed by atoms with Crippen molar-refractivity contribution in [2.24, 2.45) is 5.73 Å². The van der Waals surface area contributed by atoms with Crippen molar-refractivity contribution < 1.29 is 4.79 Å². The maximum atomic E-state index is 11.3. The van der Waals surface area contributed by atoms with E-state index in [0.29, 0.717) is 5.92 Å². The second-order valence-corrected chi connectivity index (χ2v) is 7.78. The molecule has 144 valence electrons. The van der Waals surface area contributed by atoms with Gasteiger partial charge in [-0.15, -0.1) is 0 Å². The number of benzene rings is 2. The fourth-order valence-electron chi connectivity index (χ4n) is 3.96. The summed E-state index contributed by atoms with van der Waals surface area (Å²) in [4.78, 5) is 13.7. The molecular weight excluding hydrogens is 348 g/mol. The minimum Gasteiger partial charge on any atom is -0.364 e. The van der Waals surface area contributed by atoms with E-state index in [-0.39, 0.29) is 5.69 Å². The maximum Gasteiger partial charge on any atom is 0.269 e. The Kier molecular flexibility index (Phi) is 5.01. The lowest BCUT2D eigenvalue weighted by Gasteiger charge is -2.12. The molecule has 1 atom stereocenters. The second-order valence-electron chi connectivity index (χ2n) is 7.78. The highest BCUT2D eigenvalue weighted by atomic mass is 16.1. The van der Waals surface area contributed by atoms with Crippen LogP contribution in [0.2, 0.25) is 0 Å². The summed E-state index contributed by atoms with van der Waals surface area (Å²) >= 11 is 0. The summed E-state index contributed by atoms with van der Waals surface area (Å²) in [6.45, 7) is 4.26. The van der Waals surface area contributed by atoms with Crippen LogP contribution >= 0.6 is 0 Å². The Bertz CT molecular complexity index is 973. The van der Waals surface area contributed by atoms with Crippen LogP contribution in [0, 0.1) is 6.92 Å². The van der Waals surface area contributed by atoms with E-state index in [0.717, 1.165) is 24.3 Å². The van der Waals surface area contributed by atoms with Crippen molar-refractivity contribution in [3.63, 3.8) is 0 Å². The van der Waals surface area contributed by atoms with Crippen LogP contribution in [0.3, 0.4) is 0 Å². The van der Waals surface area contributed by atoms with Crippen LogP contribution in [0.5, 0.6) is 0 Å². The van der Waals surface area contributed by atoms with Crippen LogP contribution in [0.25, 0.3) is 5.69 Å². The molecule has 1 amide bonds. The summed E-state index contributed by atoms with van der Waals surface area (Å²) < 4.78 is 1.75. The molecule has 1 aromatic heterocycles. The van der Waals surface area contributed by atoms with Crippen LogP contribution in [0.4, 0.5) is 0 Å². The number of aryl methyl sites for hydroxylation is 1. The van der Waals surface area contributed by atoms with E-state index in [1.54, 1.807) is 10.7 Å². The number of rotatable bonds is 5. The molecule has 2 aromatic carbocycles. The number of primary amides is 1. The lowest BCUT2D eigenvalue weighted by molar-refractivity contribution is 0.0995. The Balaban J connectivity index is 1.45. The van der Waals surface area contributed by atoms with E-state index in [1.165, 1.54) is 29.7 Å². The van der Waals surface area contributed by atoms with Gasteiger partial charge in [-0.25, -0.2) is 4.68 Å². The molecular formula is C23H26N4O. The van der Waals surface area contributed by atoms with Gasteiger partial charge in [0.25, 0.3) is 5.91 Å². The molecule has 1 aliphatic rings. The third-order valence-electron chi connectivity index (χ3n) is 5.57. The quantitative estimate of drug-likeness (QED) is 0.745. The second kappa shape index (κ2) is 7.60. The van der Waals surface area contributed by atoms with Gasteiger partial charge in [0.15, 0.2) is 5.69 Å². The number of carbonyl (C=O) groups excluding carboxylic acids is 1. The number of aromatic nitrogens is 2. The van der Waals surface area contributed by atoms with Crippen molar-refractivity contribution in [3.05, 3.63) is 82.7 Å². The van der Waals surface area contributed by atoms with Crippen molar-refractivity contribution in [2.45, 2.75) is 25.7 Å². The summed E-state index contributed by atoms with van der Waals surface area (Å²) in [5, 5.41) is 4.28. The number of carbonyl (C=O) groups is 1. The van der Waals surface area contributed by atoms with Crippen molar-refractivity contribution in [1.82, 2.24) is 14.7 Å². The minimum atomic E-state index is -0.508. The fraction of sp³-hybridized carbons (Fsp3) is 0.304. The first-order valence-electron chi connectivity index (χ1n) is 9.73. The highest BCUT2D eigenvalue weighted by Gasteiger charge is 2.20. The molecule has 5 nitrogen and oxygen atoms in total. The zero-order valence-corrected chi connectivity index (χ0v) is 16.4. The average molecular weight is 374 g/mol. The summed E-state index contributed by atoms with van der Waals surface area (Å²) in [6, 6.07) is 19.1. The zero-order valence-electron chi connectivity index (χ0n) is 16.4. The molecule has 2 N–H and O–H groups in total. The summed E-state index contributed by atoms with van der Waals surface area (Å²) in [5.74, 6) is 0.159. The van der Waals surface area contributed by atoms with E-state index in [9.17, 15) is 4.79 Å². The Morgan fingerprint density at radius 2 is 1.75 bits per heavy atom. The smallest absolute Gasteiger partial charge is 0.269 e. The number of likely N-dealkylation sites (N-methyl/N-ethyl adjacent to an activating group) is 1. The van der Waals surface area contributed by atoms with E-state index in [1.807, 2.05) is 19.1 Å². The first-order chi connectivity index (χ1) is 13.5. The van der Waals surface area contributed by atoms with E-state index >= 15 is 0 Å². The number of likely N-dealkylation sites (tertiary alicyclic amines) is 1. The maximum absolute atomic E-state index is 11.3. The Labute approximate surface area is 165 Å². The van der Waals surface area contributed by atoms with Gasteiger partial charge >= 0.3 is 0 Å². The average Bonchev–Trinajstić information content (AvgIpc) is 3.29. The number of nitrogens with zero attached hydrogens (tertiary/aromatic N) is 3. The lowest BCUT2D eigenvalue weighted by Crippen LogP contribution is -2.13. The lowest BCUT2D eigenvalue weighted by atomic mass is 9.96. The molecule has 0 spiro atoms. The summed E-state index contributed by atoms with van der Waals surface area (Å²) in [5.41, 5.74) is 11.4. The molecule has 0 aliphatic carbocycles. The van der Waals surface area contributed by atoms with Gasteiger partial charge in [0.1, 0.15) is 0 Å². The molecule has 5 heteroatoms. The monoisotopic (exact) mass is 374 g/mol. The van der Waals surface area contributed by atoms with Crippen LogP contribution < -0.4 is 5.73 Å². The van der Waals surface area contributed by atoms with Crippen LogP contribution in [-0.4, -0.2) is 40.7 Å². The topological polar surface area (TPSA) is 64.2 Å². The normalized spacial score (nSPS) is 17.1. The van der Waals surface area contributed by atoms with Crippen molar-refractivity contribution in [3.8, 4) is 5.69 Å². The zero-order chi connectivity index (χ0) is 19.7. The Morgan fingerprint density at radius 1 is 1.11 bits per heavy atom. The molecule has 4 rings (SSSR count). The molecule has 0 radical (unpaired) electrons. The third-order valence-corrected chi connectivity index (χ3v) is 5.57. The molecule has 0 saturated carbocycles. The highest BCUT2D eigenvalue weighted by Crippen LogP contribution is 2.26. The first-order valence-corrected chi connectivity index (χ1v) is 9.73. The summed E-state index contributed by atoms with van der Waals surface area (Å²) in [7, 11) is 2.19. The first kappa shape index (κ1) is 18.4. The minimum absolute atomic E-state index is 0.287. The SMILES string of the molecule is Cc1cc(C(N)=O)nn1-c1ccc(Cc2ccc([C@@H]3CCN(C)C3)cc2)cc1. The largest absolute Gasteiger partial charge is 0.364 e. The van der Waals surface area contributed by atoms with Crippen molar-refractivity contribution >= 4 is 5.91 Å². The van der Waals surface area contributed by atoms with E-state index in [2.05, 4.69) is 53.4 Å². The predicted molar refractivity (Wildman–Crippen MR) is 111 cm³/mol. The number of hydrogen-bond acceptors (Lipinski definition) is 3. The van der Waals surface area contributed by atoms with Gasteiger partial charge in [-0.1, -0.05) is 36.4 Å². The van der Waals surface area contributed by atoms with Gasteiger partial charge in [-0.3, -0.25) is 4.79 Å². The number of hydrogen-bond donors (Lipinski definition) is 1. The van der Waals surface area contributed by atoms with Gasteiger partial charge in [-0.05, 0) is 74.2 Å². The van der Waals surface area contributed by atoms with Crippen LogP contribution in [-0.2, 0) is 6.42 Å². The third kappa shape index (κ3) is 3.85. The van der Waals surface area contributed by atoms with Gasteiger partial charge in [0.05, 0.1) is 5.69 Å². The number of amides is 1. The van der Waals surface area contributed by atoms with Crippen molar-refractivity contribution in [1.29, 1.82) is 0 Å². The molecule has 3 aromatic rings. The van der Waals surface area contributed by atoms with Crippen LogP contribution in [0.15, 0.2) is 54.6 Å². The fourth-order valence-corrected chi connectivity index (χ4v) is 3.96. The van der Waals surface area contributed by atoms with E-state index < -0.39 is 5.91 Å². The van der Waals surface area contributed by atoms with Gasteiger partial charge in [-0.2, -0.15) is 5.10 Å². The molecule has 0 bridgehead atoms. The van der Waals surface area contributed by atoms with Gasteiger partial charge in [0.2, 0.25) is 0 Å².